The van der Waals surface area contributed by atoms with Crippen molar-refractivity contribution in [3.8, 4) is 11.1 Å². The minimum Gasteiger partial charge on any atom is -0.478 e. The molecule has 4 rings (SSSR count). The number of carbonyl (C=O) groups excluding carboxylic acids is 1. The Bertz CT molecular complexity index is 1160. The van der Waals surface area contributed by atoms with Crippen LogP contribution in [0.1, 0.15) is 28.8 Å². The van der Waals surface area contributed by atoms with Gasteiger partial charge in [0.05, 0.1) is 21.9 Å². The van der Waals surface area contributed by atoms with Crippen LogP contribution >= 0.6 is 23.1 Å². The predicted octanol–water partition coefficient (Wildman–Crippen LogP) is 5.36. The lowest BCUT2D eigenvalue weighted by Crippen LogP contribution is -2.33. The average Bonchev–Trinajstić information content (AvgIpc) is 3.46. The van der Waals surface area contributed by atoms with Gasteiger partial charge in [-0.05, 0) is 29.2 Å². The number of carboxylic acids is 1. The minimum atomic E-state index is -0.923. The van der Waals surface area contributed by atoms with Gasteiger partial charge in [0.1, 0.15) is 0 Å². The number of rotatable bonds is 10. The average molecular weight is 494 g/mol. The van der Waals surface area contributed by atoms with Crippen LogP contribution in [0.25, 0.3) is 11.1 Å². The molecule has 176 valence electrons. The van der Waals surface area contributed by atoms with E-state index >= 15 is 0 Å². The first kappa shape index (κ1) is 24.3. The molecule has 1 aromatic heterocycles. The van der Waals surface area contributed by atoms with E-state index < -0.39 is 12.1 Å². The minimum absolute atomic E-state index is 0.0173. The quantitative estimate of drug-likeness (QED) is 0.294. The van der Waals surface area contributed by atoms with Crippen LogP contribution in [0, 0.1) is 0 Å². The van der Waals surface area contributed by atoms with Gasteiger partial charge >= 0.3 is 5.97 Å². The monoisotopic (exact) mass is 493 g/mol. The van der Waals surface area contributed by atoms with Gasteiger partial charge in [0.25, 0.3) is 0 Å². The van der Waals surface area contributed by atoms with Gasteiger partial charge in [-0.25, -0.2) is 4.79 Å². The molecule has 2 aromatic carbocycles. The van der Waals surface area contributed by atoms with Crippen LogP contribution in [-0.4, -0.2) is 51.4 Å². The summed E-state index contributed by atoms with van der Waals surface area (Å²) < 4.78 is 0.935. The molecule has 0 aliphatic carbocycles. The van der Waals surface area contributed by atoms with E-state index in [0.29, 0.717) is 30.7 Å². The van der Waals surface area contributed by atoms with Gasteiger partial charge in [-0.3, -0.25) is 4.79 Å². The number of thiophene rings is 1. The van der Waals surface area contributed by atoms with E-state index in [0.717, 1.165) is 27.3 Å². The lowest BCUT2D eigenvalue weighted by atomic mass is 10.00. The van der Waals surface area contributed by atoms with Gasteiger partial charge in [0.15, 0.2) is 0 Å². The number of thioether (sulfide) groups is 1. The Kier molecular flexibility index (Phi) is 8.21. The normalized spacial score (nSPS) is 16.9. The van der Waals surface area contributed by atoms with Crippen LogP contribution in [0.3, 0.4) is 0 Å². The molecule has 0 unspecified atom stereocenters. The van der Waals surface area contributed by atoms with Crippen LogP contribution in [-0.2, 0) is 11.2 Å². The molecule has 5 nitrogen and oxygen atoms in total. The van der Waals surface area contributed by atoms with Gasteiger partial charge in [0.2, 0.25) is 5.91 Å². The first-order valence-electron chi connectivity index (χ1n) is 11.2. The summed E-state index contributed by atoms with van der Waals surface area (Å²) in [6, 6.07) is 20.0. The summed E-state index contributed by atoms with van der Waals surface area (Å²) in [4.78, 5) is 25.3. The Hall–Kier alpha value is -2.87. The van der Waals surface area contributed by atoms with E-state index in [2.05, 4.69) is 24.3 Å². The second-order valence-corrected chi connectivity index (χ2v) is 10.5. The van der Waals surface area contributed by atoms with Crippen molar-refractivity contribution in [1.29, 1.82) is 0 Å². The van der Waals surface area contributed by atoms with Crippen LogP contribution in [0.4, 0.5) is 0 Å². The molecule has 2 atom stereocenters. The van der Waals surface area contributed by atoms with Crippen molar-refractivity contribution in [1.82, 2.24) is 4.90 Å². The number of carboxylic acid groups (broad SMARTS) is 1. The summed E-state index contributed by atoms with van der Waals surface area (Å²) in [5.74, 6) is -0.101. The van der Waals surface area contributed by atoms with Gasteiger partial charge in [-0.1, -0.05) is 66.7 Å². The molecule has 2 heterocycles. The molecule has 34 heavy (non-hydrogen) atoms. The molecule has 1 aliphatic heterocycles. The maximum absolute atomic E-state index is 12.4. The lowest BCUT2D eigenvalue weighted by molar-refractivity contribution is -0.128. The fourth-order valence-electron chi connectivity index (χ4n) is 4.07. The third-order valence-electron chi connectivity index (χ3n) is 5.81. The van der Waals surface area contributed by atoms with Crippen molar-refractivity contribution in [2.24, 2.45) is 0 Å². The van der Waals surface area contributed by atoms with E-state index in [1.165, 1.54) is 11.3 Å². The van der Waals surface area contributed by atoms with Crippen molar-refractivity contribution in [2.75, 3.05) is 12.3 Å². The topological polar surface area (TPSA) is 77.8 Å². The fourth-order valence-corrected chi connectivity index (χ4v) is 6.04. The Morgan fingerprint density at radius 1 is 1.15 bits per heavy atom. The molecular formula is C27H27NO4S2. The molecule has 7 heteroatoms. The number of benzene rings is 2. The Balaban J connectivity index is 1.31. The van der Waals surface area contributed by atoms with Gasteiger partial charge in [-0.15, -0.1) is 23.1 Å². The zero-order valence-electron chi connectivity index (χ0n) is 18.7. The second kappa shape index (κ2) is 11.5. The Labute approximate surface area is 207 Å². The Morgan fingerprint density at radius 2 is 1.94 bits per heavy atom. The number of amides is 1. The molecule has 1 fully saturated rings. The van der Waals surface area contributed by atoms with Crippen molar-refractivity contribution >= 4 is 35.0 Å². The summed E-state index contributed by atoms with van der Waals surface area (Å²) in [6.07, 6.45) is 4.90. The summed E-state index contributed by atoms with van der Waals surface area (Å²) in [5.41, 5.74) is 3.63. The molecular weight excluding hydrogens is 466 g/mol. The number of hydrogen-bond donors (Lipinski definition) is 2. The smallest absolute Gasteiger partial charge is 0.336 e. The molecule has 0 saturated carbocycles. The highest BCUT2D eigenvalue weighted by Crippen LogP contribution is 2.28. The number of likely N-dealkylation sites (tertiary alicyclic amines) is 1. The molecule has 1 saturated heterocycles. The second-order valence-electron chi connectivity index (χ2n) is 8.22. The van der Waals surface area contributed by atoms with Crippen LogP contribution in [0.15, 0.2) is 82.4 Å². The van der Waals surface area contributed by atoms with Crippen LogP contribution < -0.4 is 0 Å². The maximum atomic E-state index is 12.4. The van der Waals surface area contributed by atoms with Gasteiger partial charge in [0, 0.05) is 30.5 Å². The number of hydrogen-bond acceptors (Lipinski definition) is 5. The lowest BCUT2D eigenvalue weighted by Gasteiger charge is -2.22. The van der Waals surface area contributed by atoms with Crippen LogP contribution in [0.5, 0.6) is 0 Å². The van der Waals surface area contributed by atoms with Crippen molar-refractivity contribution in [3.05, 3.63) is 89.3 Å². The highest BCUT2D eigenvalue weighted by Gasteiger charge is 2.28. The first-order chi connectivity index (χ1) is 16.5. The number of nitrogens with zero attached hydrogens (tertiary/aromatic N) is 1. The summed E-state index contributed by atoms with van der Waals surface area (Å²) in [5, 5.41) is 21.3. The van der Waals surface area contributed by atoms with Crippen LogP contribution in [0.2, 0.25) is 0 Å². The van der Waals surface area contributed by atoms with Crippen molar-refractivity contribution in [3.63, 3.8) is 0 Å². The fraction of sp³-hybridized carbons (Fsp3) is 0.259. The number of aliphatic hydroxyl groups excluding tert-OH is 1. The maximum Gasteiger partial charge on any atom is 0.336 e. The van der Waals surface area contributed by atoms with E-state index in [1.54, 1.807) is 29.3 Å². The zero-order chi connectivity index (χ0) is 23.9. The summed E-state index contributed by atoms with van der Waals surface area (Å²) in [6.45, 7) is 0.591. The molecule has 0 spiro atoms. The van der Waals surface area contributed by atoms with Crippen molar-refractivity contribution in [2.45, 2.75) is 35.6 Å². The van der Waals surface area contributed by atoms with E-state index in [1.807, 2.05) is 41.3 Å². The van der Waals surface area contributed by atoms with E-state index in [9.17, 15) is 14.7 Å². The molecule has 1 amide bonds. The molecule has 0 radical (unpaired) electrons. The van der Waals surface area contributed by atoms with Crippen molar-refractivity contribution < 1.29 is 19.8 Å². The van der Waals surface area contributed by atoms with Gasteiger partial charge in [-0.2, -0.15) is 0 Å². The molecule has 3 aromatic rings. The highest BCUT2D eigenvalue weighted by atomic mass is 32.2. The standard InChI is InChI=1S/C27H27NO4S2/c29-24(16-19-5-4-8-21(15-19)20-6-2-1-3-7-20)11-9-23-10-12-25(30)28(23)13-14-33-26-17-22(18-34-26)27(31)32/h1-9,11,15,17-18,23-24,29H,10,12-14,16H2,(H,31,32)/b11-9+/t23-,24+/m0/s1. The third-order valence-corrected chi connectivity index (χ3v) is 7.96. The van der Waals surface area contributed by atoms with Gasteiger partial charge < -0.3 is 15.1 Å². The molecule has 1 aliphatic rings. The predicted molar refractivity (Wildman–Crippen MR) is 137 cm³/mol. The van der Waals surface area contributed by atoms with E-state index in [4.69, 9.17) is 5.11 Å². The molecule has 0 bridgehead atoms. The third kappa shape index (κ3) is 6.38. The number of aliphatic hydroxyl groups is 1. The zero-order valence-corrected chi connectivity index (χ0v) is 20.3. The summed E-state index contributed by atoms with van der Waals surface area (Å²) in [7, 11) is 0. The number of carbonyl (C=O) groups is 2. The highest BCUT2D eigenvalue weighted by molar-refractivity contribution is 8.01. The first-order valence-corrected chi connectivity index (χ1v) is 13.1. The molecule has 2 N–H and O–H groups in total. The Morgan fingerprint density at radius 3 is 2.71 bits per heavy atom. The SMILES string of the molecule is O=C(O)c1csc(SCCN2C(=O)CC[C@@H]2/C=C/[C@@H](O)Cc2cccc(-c3ccccc3)c2)c1. The number of aromatic carboxylic acids is 1. The van der Waals surface area contributed by atoms with E-state index in [-0.39, 0.29) is 11.9 Å². The summed E-state index contributed by atoms with van der Waals surface area (Å²) >= 11 is 2.97. The largest absolute Gasteiger partial charge is 0.478 e.